The zero-order chi connectivity index (χ0) is 19.1. The fourth-order valence-electron chi connectivity index (χ4n) is 3.99. The van der Waals surface area contributed by atoms with Crippen molar-refractivity contribution in [2.24, 2.45) is 0 Å². The monoisotopic (exact) mass is 363 g/mol. The summed E-state index contributed by atoms with van der Waals surface area (Å²) >= 11 is 0. The fourth-order valence-corrected chi connectivity index (χ4v) is 3.99. The number of aryl methyl sites for hydroxylation is 1. The second-order valence-electron chi connectivity index (χ2n) is 8.36. The van der Waals surface area contributed by atoms with Crippen LogP contribution in [0.15, 0.2) is 18.2 Å². The molecule has 144 valence electrons. The molecular formula is C20H29NO5. The molecule has 0 aliphatic carbocycles. The number of piperidine rings is 1. The predicted molar refractivity (Wildman–Crippen MR) is 97.3 cm³/mol. The quantitative estimate of drug-likeness (QED) is 0.875. The number of nitrogens with zero attached hydrogens (tertiary/aromatic N) is 1. The van der Waals surface area contributed by atoms with Crippen molar-refractivity contribution in [2.45, 2.75) is 63.8 Å². The molecule has 0 aromatic heterocycles. The molecule has 1 amide bonds. The fraction of sp³-hybridized carbons (Fsp3) is 0.650. The predicted octanol–water partition coefficient (Wildman–Crippen LogP) is 2.99. The van der Waals surface area contributed by atoms with E-state index in [0.29, 0.717) is 26.1 Å². The Balaban J connectivity index is 1.84. The Kier molecular flexibility index (Phi) is 4.92. The maximum Gasteiger partial charge on any atom is 0.410 e. The maximum absolute atomic E-state index is 12.7. The maximum atomic E-state index is 12.7. The van der Waals surface area contributed by atoms with Gasteiger partial charge in [0.25, 0.3) is 0 Å². The van der Waals surface area contributed by atoms with Crippen molar-refractivity contribution in [1.82, 2.24) is 4.90 Å². The number of ether oxygens (including phenoxy) is 3. The number of aliphatic hydroxyl groups is 1. The SMILES string of the molecule is COc1ccc(C2(O)CC3COCC(C2)N3C(=O)OC(C)(C)C)cc1C. The standard InChI is InChI=1S/C20H29NO5/c1-13-8-14(6-7-17(13)24-5)20(23)9-15-11-25-12-16(10-20)21(15)18(22)26-19(2,3)4/h6-8,15-16,23H,9-12H2,1-5H3. The lowest BCUT2D eigenvalue weighted by molar-refractivity contribution is -0.141. The van der Waals surface area contributed by atoms with Crippen LogP contribution in [0.25, 0.3) is 0 Å². The van der Waals surface area contributed by atoms with Crippen molar-refractivity contribution < 1.29 is 24.1 Å². The number of rotatable bonds is 2. The molecule has 2 aliphatic rings. The molecule has 2 unspecified atom stereocenters. The Hall–Kier alpha value is -1.79. The van der Waals surface area contributed by atoms with Crippen molar-refractivity contribution in [3.8, 4) is 5.75 Å². The van der Waals surface area contributed by atoms with Crippen molar-refractivity contribution in [2.75, 3.05) is 20.3 Å². The Morgan fingerprint density at radius 2 is 1.88 bits per heavy atom. The molecule has 1 N–H and O–H groups in total. The molecule has 0 saturated carbocycles. The second-order valence-corrected chi connectivity index (χ2v) is 8.36. The number of morpholine rings is 1. The summed E-state index contributed by atoms with van der Waals surface area (Å²) in [5, 5.41) is 11.4. The average Bonchev–Trinajstić information content (AvgIpc) is 2.52. The Bertz CT molecular complexity index is 667. The van der Waals surface area contributed by atoms with Gasteiger partial charge in [-0.3, -0.25) is 4.90 Å². The first kappa shape index (κ1) is 19.0. The van der Waals surface area contributed by atoms with Crippen LogP contribution in [0.4, 0.5) is 4.79 Å². The van der Waals surface area contributed by atoms with Gasteiger partial charge in [-0.05, 0) is 51.0 Å². The molecule has 0 radical (unpaired) electrons. The van der Waals surface area contributed by atoms with E-state index in [2.05, 4.69) is 0 Å². The molecule has 2 fully saturated rings. The van der Waals surface area contributed by atoms with Gasteiger partial charge in [-0.25, -0.2) is 4.79 Å². The molecule has 6 heteroatoms. The van der Waals surface area contributed by atoms with Crippen molar-refractivity contribution in [1.29, 1.82) is 0 Å². The first-order chi connectivity index (χ1) is 12.1. The number of benzene rings is 1. The van der Waals surface area contributed by atoms with Crippen LogP contribution < -0.4 is 4.74 Å². The molecule has 2 bridgehead atoms. The Morgan fingerprint density at radius 3 is 2.38 bits per heavy atom. The summed E-state index contributed by atoms with van der Waals surface area (Å²) < 4.78 is 16.5. The van der Waals surface area contributed by atoms with E-state index in [4.69, 9.17) is 14.2 Å². The molecule has 1 aromatic carbocycles. The van der Waals surface area contributed by atoms with E-state index in [1.165, 1.54) is 0 Å². The van der Waals surface area contributed by atoms with Gasteiger partial charge in [0.05, 0.1) is 38.0 Å². The summed E-state index contributed by atoms with van der Waals surface area (Å²) in [7, 11) is 1.64. The number of amides is 1. The summed E-state index contributed by atoms with van der Waals surface area (Å²) in [6, 6.07) is 5.36. The van der Waals surface area contributed by atoms with E-state index < -0.39 is 11.2 Å². The number of fused-ring (bicyclic) bond motifs is 2. The normalized spacial score (nSPS) is 28.6. The van der Waals surface area contributed by atoms with Crippen LogP contribution in [0.3, 0.4) is 0 Å². The molecular weight excluding hydrogens is 334 g/mol. The molecule has 0 spiro atoms. The first-order valence-corrected chi connectivity index (χ1v) is 9.09. The number of carbonyl (C=O) groups excluding carboxylic acids is 1. The van der Waals surface area contributed by atoms with Crippen LogP contribution in [-0.4, -0.2) is 54.1 Å². The molecule has 2 saturated heterocycles. The zero-order valence-electron chi connectivity index (χ0n) is 16.2. The van der Waals surface area contributed by atoms with E-state index in [-0.39, 0.29) is 18.2 Å². The van der Waals surface area contributed by atoms with Gasteiger partial charge in [0.1, 0.15) is 11.4 Å². The third kappa shape index (κ3) is 3.67. The minimum atomic E-state index is -0.991. The highest BCUT2D eigenvalue weighted by Crippen LogP contribution is 2.42. The smallest absolute Gasteiger partial charge is 0.410 e. The average molecular weight is 363 g/mol. The molecule has 2 atom stereocenters. The zero-order valence-corrected chi connectivity index (χ0v) is 16.2. The summed E-state index contributed by atoms with van der Waals surface area (Å²) in [5.74, 6) is 0.798. The summed E-state index contributed by atoms with van der Waals surface area (Å²) in [4.78, 5) is 14.4. The lowest BCUT2D eigenvalue weighted by Crippen LogP contribution is -2.63. The van der Waals surface area contributed by atoms with Crippen LogP contribution in [0.2, 0.25) is 0 Å². The third-order valence-corrected chi connectivity index (χ3v) is 5.09. The van der Waals surface area contributed by atoms with Gasteiger partial charge in [-0.15, -0.1) is 0 Å². The lowest BCUT2D eigenvalue weighted by Gasteiger charge is -2.51. The second kappa shape index (κ2) is 6.74. The summed E-state index contributed by atoms with van der Waals surface area (Å²) in [6.45, 7) is 8.36. The van der Waals surface area contributed by atoms with E-state index in [0.717, 1.165) is 16.9 Å². The highest BCUT2D eigenvalue weighted by atomic mass is 16.6. The number of carbonyl (C=O) groups is 1. The van der Waals surface area contributed by atoms with Gasteiger partial charge in [-0.1, -0.05) is 6.07 Å². The minimum absolute atomic E-state index is 0.204. The van der Waals surface area contributed by atoms with Crippen LogP contribution in [0.1, 0.15) is 44.7 Å². The first-order valence-electron chi connectivity index (χ1n) is 9.09. The largest absolute Gasteiger partial charge is 0.496 e. The van der Waals surface area contributed by atoms with E-state index in [1.54, 1.807) is 12.0 Å². The van der Waals surface area contributed by atoms with Gasteiger partial charge < -0.3 is 19.3 Å². The molecule has 3 rings (SSSR count). The highest BCUT2D eigenvalue weighted by Gasteiger charge is 2.49. The van der Waals surface area contributed by atoms with Gasteiger partial charge >= 0.3 is 6.09 Å². The van der Waals surface area contributed by atoms with E-state index in [9.17, 15) is 9.90 Å². The number of hydrogen-bond donors (Lipinski definition) is 1. The summed E-state index contributed by atoms with van der Waals surface area (Å²) in [6.07, 6.45) is 0.520. The molecule has 26 heavy (non-hydrogen) atoms. The van der Waals surface area contributed by atoms with Crippen molar-refractivity contribution >= 4 is 6.09 Å². The van der Waals surface area contributed by atoms with Crippen molar-refractivity contribution in [3.63, 3.8) is 0 Å². The van der Waals surface area contributed by atoms with Gasteiger partial charge in [-0.2, -0.15) is 0 Å². The third-order valence-electron chi connectivity index (χ3n) is 5.09. The molecule has 6 nitrogen and oxygen atoms in total. The molecule has 2 heterocycles. The topological polar surface area (TPSA) is 68.2 Å². The van der Waals surface area contributed by atoms with E-state index in [1.807, 2.05) is 45.9 Å². The minimum Gasteiger partial charge on any atom is -0.496 e. The van der Waals surface area contributed by atoms with Crippen LogP contribution in [-0.2, 0) is 15.1 Å². The van der Waals surface area contributed by atoms with Crippen molar-refractivity contribution in [3.05, 3.63) is 29.3 Å². The van der Waals surface area contributed by atoms with E-state index >= 15 is 0 Å². The molecule has 2 aliphatic heterocycles. The van der Waals surface area contributed by atoms with Crippen LogP contribution in [0, 0.1) is 6.92 Å². The van der Waals surface area contributed by atoms with Gasteiger partial charge in [0, 0.05) is 12.8 Å². The number of methoxy groups -OCH3 is 1. The van der Waals surface area contributed by atoms with Crippen LogP contribution in [0.5, 0.6) is 5.75 Å². The van der Waals surface area contributed by atoms with Gasteiger partial charge in [0.2, 0.25) is 0 Å². The van der Waals surface area contributed by atoms with Gasteiger partial charge in [0.15, 0.2) is 0 Å². The lowest BCUT2D eigenvalue weighted by atomic mass is 9.76. The van der Waals surface area contributed by atoms with Crippen LogP contribution >= 0.6 is 0 Å². The Labute approximate surface area is 155 Å². The Morgan fingerprint density at radius 1 is 1.27 bits per heavy atom. The molecule has 1 aromatic rings. The highest BCUT2D eigenvalue weighted by molar-refractivity contribution is 5.69. The summed E-state index contributed by atoms with van der Waals surface area (Å²) in [5.41, 5.74) is 0.299. The number of hydrogen-bond acceptors (Lipinski definition) is 5.